The smallest absolute Gasteiger partial charge is 0.269 e. The van der Waals surface area contributed by atoms with E-state index in [4.69, 9.17) is 0 Å². The van der Waals surface area contributed by atoms with Crippen LogP contribution in [0.5, 0.6) is 0 Å². The zero-order valence-corrected chi connectivity index (χ0v) is 16.9. The second-order valence-corrected chi connectivity index (χ2v) is 7.50. The molecule has 0 saturated carbocycles. The lowest BCUT2D eigenvalue weighted by atomic mass is 10.1. The number of amides is 1. The molecule has 1 unspecified atom stereocenters. The number of hydrazone groups is 1. The van der Waals surface area contributed by atoms with Crippen molar-refractivity contribution in [3.63, 3.8) is 0 Å². The number of hydrogen-bond acceptors (Lipinski definition) is 8. The molecule has 1 aromatic heterocycles. The number of carbonyl (C=O) groups excluding carboxylic acids is 1. The summed E-state index contributed by atoms with van der Waals surface area (Å²) >= 11 is 1.22. The van der Waals surface area contributed by atoms with Gasteiger partial charge in [0.15, 0.2) is 6.04 Å². The molecule has 150 valence electrons. The van der Waals surface area contributed by atoms with Crippen molar-refractivity contribution < 1.29 is 9.72 Å². The first-order valence-corrected chi connectivity index (χ1v) is 9.87. The number of rotatable bonds is 5. The van der Waals surface area contributed by atoms with E-state index in [9.17, 15) is 14.9 Å². The summed E-state index contributed by atoms with van der Waals surface area (Å²) in [4.78, 5) is 27.8. The zero-order valence-electron chi connectivity index (χ0n) is 16.1. The Morgan fingerprint density at radius 2 is 1.93 bits per heavy atom. The number of nitro groups is 1. The van der Waals surface area contributed by atoms with Crippen molar-refractivity contribution >= 4 is 39.5 Å². The van der Waals surface area contributed by atoms with Crippen LogP contribution in [0.25, 0.3) is 11.3 Å². The third-order valence-electron chi connectivity index (χ3n) is 4.44. The van der Waals surface area contributed by atoms with E-state index in [2.05, 4.69) is 20.3 Å². The molecule has 0 aliphatic carbocycles. The molecule has 2 aromatic carbocycles. The Morgan fingerprint density at radius 1 is 1.17 bits per heavy atom. The van der Waals surface area contributed by atoms with Crippen molar-refractivity contribution in [2.24, 2.45) is 15.3 Å². The van der Waals surface area contributed by atoms with Gasteiger partial charge in [0.25, 0.3) is 11.6 Å². The molecule has 0 fully saturated rings. The van der Waals surface area contributed by atoms with Crippen LogP contribution in [0.2, 0.25) is 0 Å². The average Bonchev–Trinajstić information content (AvgIpc) is 3.33. The molecular formula is C20H16N6O3S. The van der Waals surface area contributed by atoms with Gasteiger partial charge in [-0.1, -0.05) is 29.8 Å². The minimum atomic E-state index is -0.809. The minimum Gasteiger partial charge on any atom is -0.269 e. The number of carbonyl (C=O) groups is 1. The molecule has 1 amide bonds. The summed E-state index contributed by atoms with van der Waals surface area (Å²) in [6.45, 7) is 3.69. The Hall–Kier alpha value is -3.79. The predicted molar refractivity (Wildman–Crippen MR) is 114 cm³/mol. The van der Waals surface area contributed by atoms with Gasteiger partial charge in [-0.3, -0.25) is 14.9 Å². The molecule has 1 aliphatic rings. The minimum absolute atomic E-state index is 0.0234. The van der Waals surface area contributed by atoms with Gasteiger partial charge in [-0.15, -0.1) is 11.3 Å². The zero-order chi connectivity index (χ0) is 21.3. The molecule has 0 radical (unpaired) electrons. The molecule has 4 rings (SSSR count). The Morgan fingerprint density at radius 3 is 2.67 bits per heavy atom. The van der Waals surface area contributed by atoms with E-state index in [0.29, 0.717) is 27.8 Å². The number of azo groups is 1. The molecule has 9 nitrogen and oxygen atoms in total. The fourth-order valence-corrected chi connectivity index (χ4v) is 3.62. The normalized spacial score (nSPS) is 16.3. The number of benzene rings is 2. The van der Waals surface area contributed by atoms with Crippen LogP contribution >= 0.6 is 11.3 Å². The number of nitrogens with zero attached hydrogens (tertiary/aromatic N) is 6. The Labute approximate surface area is 175 Å². The van der Waals surface area contributed by atoms with E-state index in [1.54, 1.807) is 24.4 Å². The van der Waals surface area contributed by atoms with Crippen molar-refractivity contribution in [2.45, 2.75) is 19.9 Å². The maximum atomic E-state index is 12.8. The molecule has 0 bridgehead atoms. The molecule has 1 aliphatic heterocycles. The fourth-order valence-electron chi connectivity index (χ4n) is 2.83. The quantitative estimate of drug-likeness (QED) is 0.332. The first-order valence-electron chi connectivity index (χ1n) is 8.99. The summed E-state index contributed by atoms with van der Waals surface area (Å²) < 4.78 is 0. The second kappa shape index (κ2) is 7.91. The van der Waals surface area contributed by atoms with Gasteiger partial charge in [-0.2, -0.15) is 20.3 Å². The molecule has 30 heavy (non-hydrogen) atoms. The van der Waals surface area contributed by atoms with E-state index >= 15 is 0 Å². The number of anilines is 1. The van der Waals surface area contributed by atoms with Crippen LogP contribution in [0.3, 0.4) is 0 Å². The third kappa shape index (κ3) is 3.85. The van der Waals surface area contributed by atoms with Gasteiger partial charge in [0, 0.05) is 23.1 Å². The van der Waals surface area contributed by atoms with Gasteiger partial charge in [0.1, 0.15) is 0 Å². The van der Waals surface area contributed by atoms with Crippen molar-refractivity contribution in [1.29, 1.82) is 0 Å². The lowest BCUT2D eigenvalue weighted by Crippen LogP contribution is -2.29. The molecular weight excluding hydrogens is 404 g/mol. The largest absolute Gasteiger partial charge is 0.282 e. The van der Waals surface area contributed by atoms with Gasteiger partial charge >= 0.3 is 0 Å². The molecule has 0 N–H and O–H groups in total. The highest BCUT2D eigenvalue weighted by Crippen LogP contribution is 2.32. The first-order chi connectivity index (χ1) is 14.4. The van der Waals surface area contributed by atoms with E-state index in [-0.39, 0.29) is 11.6 Å². The van der Waals surface area contributed by atoms with Crippen LogP contribution in [0, 0.1) is 17.0 Å². The van der Waals surface area contributed by atoms with Crippen LogP contribution in [0.4, 0.5) is 16.5 Å². The molecule has 1 atom stereocenters. The average molecular weight is 420 g/mol. The van der Waals surface area contributed by atoms with Gasteiger partial charge in [0.05, 0.1) is 22.0 Å². The van der Waals surface area contributed by atoms with E-state index in [0.717, 1.165) is 5.56 Å². The predicted octanol–water partition coefficient (Wildman–Crippen LogP) is 4.90. The molecule has 2 heterocycles. The van der Waals surface area contributed by atoms with Gasteiger partial charge in [0.2, 0.25) is 5.13 Å². The Balaban J connectivity index is 1.54. The van der Waals surface area contributed by atoms with Crippen LogP contribution in [-0.2, 0) is 4.79 Å². The SMILES string of the molecule is CC1=NN(c2nc(-c3cccc([N+](=O)[O-])c3)cs2)C(=O)C1N=Nc1ccc(C)cc1. The topological polar surface area (TPSA) is 113 Å². The summed E-state index contributed by atoms with van der Waals surface area (Å²) in [5.41, 5.74) is 3.38. The van der Waals surface area contributed by atoms with Crippen LogP contribution in [0.15, 0.2) is 69.2 Å². The van der Waals surface area contributed by atoms with Crippen LogP contribution in [-0.4, -0.2) is 27.6 Å². The van der Waals surface area contributed by atoms with Crippen LogP contribution < -0.4 is 5.01 Å². The summed E-state index contributed by atoms with van der Waals surface area (Å²) in [6.07, 6.45) is 0. The fraction of sp³-hybridized carbons (Fsp3) is 0.150. The van der Waals surface area contributed by atoms with E-state index in [1.807, 2.05) is 31.2 Å². The molecule has 3 aromatic rings. The van der Waals surface area contributed by atoms with Crippen molar-refractivity contribution in [3.8, 4) is 11.3 Å². The number of hydrogen-bond donors (Lipinski definition) is 0. The highest BCUT2D eigenvalue weighted by molar-refractivity contribution is 7.14. The number of non-ortho nitro benzene ring substituents is 1. The van der Waals surface area contributed by atoms with Crippen molar-refractivity contribution in [1.82, 2.24) is 4.98 Å². The Kier molecular flexibility index (Phi) is 5.15. The number of thiazole rings is 1. The standard InChI is InChI=1S/C20H16N6O3S/c1-12-6-8-15(9-7-12)22-23-18-13(2)24-25(19(18)27)20-21-17(11-30-20)14-4-3-5-16(10-14)26(28)29/h3-11,18H,1-2H3. The summed E-state index contributed by atoms with van der Waals surface area (Å²) in [6, 6.07) is 12.9. The lowest BCUT2D eigenvalue weighted by Gasteiger charge is -2.08. The highest BCUT2D eigenvalue weighted by Gasteiger charge is 2.36. The van der Waals surface area contributed by atoms with Gasteiger partial charge in [-0.25, -0.2) is 4.98 Å². The number of aryl methyl sites for hydroxylation is 1. The van der Waals surface area contributed by atoms with Crippen molar-refractivity contribution in [2.75, 3.05) is 5.01 Å². The highest BCUT2D eigenvalue weighted by atomic mass is 32.1. The molecule has 10 heteroatoms. The molecule has 0 saturated heterocycles. The van der Waals surface area contributed by atoms with Crippen molar-refractivity contribution in [3.05, 3.63) is 69.6 Å². The number of aromatic nitrogens is 1. The summed E-state index contributed by atoms with van der Waals surface area (Å²) in [5.74, 6) is -0.344. The summed E-state index contributed by atoms with van der Waals surface area (Å²) in [5, 5.41) is 26.9. The Bertz CT molecular complexity index is 1190. The third-order valence-corrected chi connectivity index (χ3v) is 5.26. The number of nitro benzene ring substituents is 1. The first kappa shape index (κ1) is 19.5. The maximum Gasteiger partial charge on any atom is 0.282 e. The van der Waals surface area contributed by atoms with E-state index in [1.165, 1.54) is 28.5 Å². The monoisotopic (exact) mass is 420 g/mol. The summed E-state index contributed by atoms with van der Waals surface area (Å²) in [7, 11) is 0. The molecule has 0 spiro atoms. The van der Waals surface area contributed by atoms with Gasteiger partial charge < -0.3 is 0 Å². The van der Waals surface area contributed by atoms with Crippen LogP contribution in [0.1, 0.15) is 12.5 Å². The lowest BCUT2D eigenvalue weighted by molar-refractivity contribution is -0.384. The van der Waals surface area contributed by atoms with E-state index < -0.39 is 11.0 Å². The second-order valence-electron chi connectivity index (χ2n) is 6.67. The maximum absolute atomic E-state index is 12.8. The van der Waals surface area contributed by atoms with Gasteiger partial charge in [-0.05, 0) is 26.0 Å².